The lowest BCUT2D eigenvalue weighted by Gasteiger charge is -2.12. The molecule has 1 aromatic carbocycles. The van der Waals surface area contributed by atoms with E-state index in [0.29, 0.717) is 11.1 Å². The van der Waals surface area contributed by atoms with Crippen LogP contribution in [0.5, 0.6) is 0 Å². The standard InChI is InChI=1S/C9H11N3O3S/c1-6-4-5-7-8(11-15-10-7)9(6)16(13,14)12(2)3/h4-5H,1-3H3. The highest BCUT2D eigenvalue weighted by molar-refractivity contribution is 7.89. The molecule has 0 aliphatic heterocycles. The minimum Gasteiger partial charge on any atom is -0.243 e. The van der Waals surface area contributed by atoms with Crippen LogP contribution in [0.2, 0.25) is 0 Å². The maximum Gasteiger partial charge on any atom is 0.245 e. The second-order valence-corrected chi connectivity index (χ2v) is 5.72. The summed E-state index contributed by atoms with van der Waals surface area (Å²) in [5.41, 5.74) is 1.33. The topological polar surface area (TPSA) is 76.3 Å². The molecule has 1 aromatic heterocycles. The molecule has 0 atom stereocenters. The molecule has 6 nitrogen and oxygen atoms in total. The van der Waals surface area contributed by atoms with Crippen LogP contribution in [0.3, 0.4) is 0 Å². The summed E-state index contributed by atoms with van der Waals surface area (Å²) in [5.74, 6) is 0. The van der Waals surface area contributed by atoms with Crippen LogP contribution in [0, 0.1) is 6.92 Å². The molecule has 1 heterocycles. The van der Waals surface area contributed by atoms with Gasteiger partial charge in [0.05, 0.1) is 0 Å². The second-order valence-electron chi connectivity index (χ2n) is 3.63. The molecule has 0 aliphatic carbocycles. The second kappa shape index (κ2) is 3.53. The van der Waals surface area contributed by atoms with Gasteiger partial charge in [0.1, 0.15) is 10.4 Å². The van der Waals surface area contributed by atoms with Gasteiger partial charge in [0.2, 0.25) is 10.0 Å². The van der Waals surface area contributed by atoms with E-state index in [1.807, 2.05) is 0 Å². The molecule has 0 saturated carbocycles. The van der Waals surface area contributed by atoms with E-state index in [-0.39, 0.29) is 10.4 Å². The van der Waals surface area contributed by atoms with Crippen LogP contribution in [0.4, 0.5) is 0 Å². The molecular formula is C9H11N3O3S. The van der Waals surface area contributed by atoms with Crippen molar-refractivity contribution in [1.29, 1.82) is 0 Å². The van der Waals surface area contributed by atoms with Crippen LogP contribution in [-0.4, -0.2) is 37.1 Å². The van der Waals surface area contributed by atoms with Gasteiger partial charge in [-0.25, -0.2) is 17.4 Å². The van der Waals surface area contributed by atoms with E-state index in [1.165, 1.54) is 14.1 Å². The lowest BCUT2D eigenvalue weighted by Crippen LogP contribution is -2.23. The van der Waals surface area contributed by atoms with Crippen LogP contribution in [0.1, 0.15) is 5.56 Å². The molecular weight excluding hydrogens is 230 g/mol. The number of aryl methyl sites for hydroxylation is 1. The van der Waals surface area contributed by atoms with Crippen LogP contribution in [0.15, 0.2) is 21.7 Å². The zero-order valence-electron chi connectivity index (χ0n) is 9.13. The molecule has 0 bridgehead atoms. The molecule has 0 unspecified atom stereocenters. The molecule has 0 amide bonds. The Labute approximate surface area is 92.9 Å². The van der Waals surface area contributed by atoms with Crippen molar-refractivity contribution in [2.75, 3.05) is 14.1 Å². The minimum atomic E-state index is -3.53. The van der Waals surface area contributed by atoms with Crippen molar-refractivity contribution < 1.29 is 13.0 Å². The summed E-state index contributed by atoms with van der Waals surface area (Å²) in [5, 5.41) is 7.26. The van der Waals surface area contributed by atoms with Crippen molar-refractivity contribution in [2.45, 2.75) is 11.8 Å². The van der Waals surface area contributed by atoms with E-state index in [9.17, 15) is 8.42 Å². The summed E-state index contributed by atoms with van der Waals surface area (Å²) < 4.78 is 29.9. The molecule has 0 fully saturated rings. The zero-order valence-corrected chi connectivity index (χ0v) is 9.95. The Balaban J connectivity index is 2.87. The van der Waals surface area contributed by atoms with Crippen molar-refractivity contribution in [2.24, 2.45) is 0 Å². The number of fused-ring (bicyclic) bond motifs is 1. The summed E-state index contributed by atoms with van der Waals surface area (Å²) in [6.45, 7) is 1.71. The Kier molecular flexibility index (Phi) is 2.43. The number of rotatable bonds is 2. The predicted molar refractivity (Wildman–Crippen MR) is 57.4 cm³/mol. The predicted octanol–water partition coefficient (Wildman–Crippen LogP) is 0.782. The van der Waals surface area contributed by atoms with Crippen molar-refractivity contribution in [3.8, 4) is 0 Å². The van der Waals surface area contributed by atoms with Gasteiger partial charge in [0, 0.05) is 14.1 Å². The van der Waals surface area contributed by atoms with E-state index in [0.717, 1.165) is 4.31 Å². The SMILES string of the molecule is Cc1ccc2nonc2c1S(=O)(=O)N(C)C. The quantitative estimate of drug-likeness (QED) is 0.776. The van der Waals surface area contributed by atoms with Gasteiger partial charge in [0.15, 0.2) is 5.52 Å². The highest BCUT2D eigenvalue weighted by Crippen LogP contribution is 2.25. The Hall–Kier alpha value is -1.47. The van der Waals surface area contributed by atoms with Gasteiger partial charge in [-0.15, -0.1) is 0 Å². The molecule has 7 heteroatoms. The highest BCUT2D eigenvalue weighted by Gasteiger charge is 2.25. The monoisotopic (exact) mass is 241 g/mol. The summed E-state index contributed by atoms with van der Waals surface area (Å²) in [4.78, 5) is 0.149. The first-order valence-corrected chi connectivity index (χ1v) is 6.03. The molecule has 0 N–H and O–H groups in total. The number of hydrogen-bond donors (Lipinski definition) is 0. The average Bonchev–Trinajstić information content (AvgIpc) is 2.64. The van der Waals surface area contributed by atoms with E-state index in [1.54, 1.807) is 19.1 Å². The van der Waals surface area contributed by atoms with E-state index in [4.69, 9.17) is 0 Å². The fourth-order valence-corrected chi connectivity index (χ4v) is 2.66. The van der Waals surface area contributed by atoms with Gasteiger partial charge in [-0.3, -0.25) is 0 Å². The highest BCUT2D eigenvalue weighted by atomic mass is 32.2. The Morgan fingerprint density at radius 3 is 2.56 bits per heavy atom. The molecule has 0 radical (unpaired) electrons. The molecule has 0 saturated heterocycles. The maximum absolute atomic E-state index is 12.1. The van der Waals surface area contributed by atoms with Crippen LogP contribution >= 0.6 is 0 Å². The Morgan fingerprint density at radius 2 is 1.94 bits per heavy atom. The smallest absolute Gasteiger partial charge is 0.243 e. The fourth-order valence-electron chi connectivity index (χ4n) is 1.44. The molecule has 2 aromatic rings. The number of hydrogen-bond acceptors (Lipinski definition) is 5. The van der Waals surface area contributed by atoms with Crippen LogP contribution < -0.4 is 0 Å². The van der Waals surface area contributed by atoms with Crippen molar-refractivity contribution >= 4 is 21.1 Å². The first-order chi connectivity index (χ1) is 7.44. The van der Waals surface area contributed by atoms with Crippen LogP contribution in [0.25, 0.3) is 11.0 Å². The fraction of sp³-hybridized carbons (Fsp3) is 0.333. The van der Waals surface area contributed by atoms with Gasteiger partial charge in [0.25, 0.3) is 0 Å². The maximum atomic E-state index is 12.1. The third-order valence-corrected chi connectivity index (χ3v) is 4.31. The van der Waals surface area contributed by atoms with E-state index >= 15 is 0 Å². The normalized spacial score (nSPS) is 12.5. The Morgan fingerprint density at radius 1 is 1.25 bits per heavy atom. The number of nitrogens with zero attached hydrogens (tertiary/aromatic N) is 3. The number of benzene rings is 1. The summed E-state index contributed by atoms with van der Waals surface area (Å²) in [7, 11) is -0.587. The summed E-state index contributed by atoms with van der Waals surface area (Å²) in [6, 6.07) is 3.36. The first-order valence-electron chi connectivity index (χ1n) is 4.59. The third-order valence-electron chi connectivity index (χ3n) is 2.32. The van der Waals surface area contributed by atoms with Gasteiger partial charge in [-0.05, 0) is 28.9 Å². The van der Waals surface area contributed by atoms with Crippen LogP contribution in [-0.2, 0) is 10.0 Å². The lowest BCUT2D eigenvalue weighted by atomic mass is 10.2. The molecule has 16 heavy (non-hydrogen) atoms. The molecule has 86 valence electrons. The van der Waals surface area contributed by atoms with Crippen molar-refractivity contribution in [3.05, 3.63) is 17.7 Å². The van der Waals surface area contributed by atoms with Gasteiger partial charge >= 0.3 is 0 Å². The van der Waals surface area contributed by atoms with Crippen molar-refractivity contribution in [3.63, 3.8) is 0 Å². The molecule has 0 aliphatic rings. The molecule has 0 spiro atoms. The summed E-state index contributed by atoms with van der Waals surface area (Å²) >= 11 is 0. The van der Waals surface area contributed by atoms with Gasteiger partial charge in [-0.1, -0.05) is 6.07 Å². The Bertz CT molecular complexity index is 630. The third kappa shape index (κ3) is 1.48. The molecule has 2 rings (SSSR count). The van der Waals surface area contributed by atoms with E-state index in [2.05, 4.69) is 14.9 Å². The zero-order chi connectivity index (χ0) is 11.9. The number of sulfonamides is 1. The van der Waals surface area contributed by atoms with Gasteiger partial charge in [-0.2, -0.15) is 0 Å². The number of aromatic nitrogens is 2. The first kappa shape index (κ1) is 11.0. The average molecular weight is 241 g/mol. The summed E-state index contributed by atoms with van der Waals surface area (Å²) in [6.07, 6.45) is 0. The van der Waals surface area contributed by atoms with Crippen molar-refractivity contribution in [1.82, 2.24) is 14.6 Å². The van der Waals surface area contributed by atoms with E-state index < -0.39 is 10.0 Å². The largest absolute Gasteiger partial charge is 0.245 e. The van der Waals surface area contributed by atoms with Gasteiger partial charge < -0.3 is 0 Å². The minimum absolute atomic E-state index is 0.149. The lowest BCUT2D eigenvalue weighted by molar-refractivity contribution is 0.315.